The van der Waals surface area contributed by atoms with Gasteiger partial charge in [0.05, 0.1) is 0 Å². The van der Waals surface area contributed by atoms with E-state index >= 15 is 0 Å². The maximum absolute atomic E-state index is 11.9. The van der Waals surface area contributed by atoms with Gasteiger partial charge in [0.25, 0.3) is 0 Å². The molecule has 1 aliphatic carbocycles. The van der Waals surface area contributed by atoms with Crippen molar-refractivity contribution < 1.29 is 9.53 Å². The second-order valence-corrected chi connectivity index (χ2v) is 5.27. The van der Waals surface area contributed by atoms with E-state index in [1.807, 2.05) is 11.0 Å². The molecule has 2 heterocycles. The Bertz CT molecular complexity index is 313. The van der Waals surface area contributed by atoms with Crippen LogP contribution >= 0.6 is 0 Å². The number of piperidine rings is 1. The van der Waals surface area contributed by atoms with Gasteiger partial charge in [-0.2, -0.15) is 0 Å². The van der Waals surface area contributed by atoms with Gasteiger partial charge in [0.1, 0.15) is 6.10 Å². The molecule has 0 aromatic heterocycles. The van der Waals surface area contributed by atoms with Crippen LogP contribution in [0.15, 0.2) is 12.7 Å². The zero-order valence-corrected chi connectivity index (χ0v) is 9.60. The summed E-state index contributed by atoms with van der Waals surface area (Å²) in [5.74, 6) is 1.21. The molecule has 3 heteroatoms. The van der Waals surface area contributed by atoms with Gasteiger partial charge in [-0.05, 0) is 31.6 Å². The third-order valence-corrected chi connectivity index (χ3v) is 4.49. The first-order chi connectivity index (χ1) is 7.81. The lowest BCUT2D eigenvalue weighted by atomic mass is 9.69. The number of cyclic esters (lactones) is 1. The number of carbonyl (C=O) groups excluding carboxylic acids is 1. The molecule has 0 radical (unpaired) electrons. The van der Waals surface area contributed by atoms with E-state index in [1.54, 1.807) is 0 Å². The standard InChI is InChI=1S/C13H19NO2/c1-2-11-10-7-3-5-9-6-4-8-14(12(9)10)13(15)16-11/h2,9-12H,1,3-8H2/t9-,10-,11-,12+/m0/s1. The molecule has 0 unspecified atom stereocenters. The van der Waals surface area contributed by atoms with E-state index in [0.29, 0.717) is 17.9 Å². The van der Waals surface area contributed by atoms with Crippen LogP contribution in [-0.2, 0) is 4.74 Å². The number of nitrogens with zero attached hydrogens (tertiary/aromatic N) is 1. The smallest absolute Gasteiger partial charge is 0.410 e. The molecule has 4 atom stereocenters. The first-order valence-corrected chi connectivity index (χ1v) is 6.41. The minimum atomic E-state index is -0.113. The molecule has 3 nitrogen and oxygen atoms in total. The highest BCUT2D eigenvalue weighted by Crippen LogP contribution is 2.43. The molecule has 0 bridgehead atoms. The predicted molar refractivity (Wildman–Crippen MR) is 61.0 cm³/mol. The van der Waals surface area contributed by atoms with Crippen molar-refractivity contribution in [3.63, 3.8) is 0 Å². The Morgan fingerprint density at radius 2 is 2.12 bits per heavy atom. The fraction of sp³-hybridized carbons (Fsp3) is 0.769. The van der Waals surface area contributed by atoms with Crippen molar-refractivity contribution in [1.29, 1.82) is 0 Å². The van der Waals surface area contributed by atoms with Gasteiger partial charge in [-0.1, -0.05) is 19.1 Å². The summed E-state index contributed by atoms with van der Waals surface area (Å²) in [6.07, 6.45) is 7.83. The van der Waals surface area contributed by atoms with Gasteiger partial charge in [-0.25, -0.2) is 4.79 Å². The van der Waals surface area contributed by atoms with E-state index in [4.69, 9.17) is 4.74 Å². The Kier molecular flexibility index (Phi) is 2.41. The minimum absolute atomic E-state index is 0.0466. The topological polar surface area (TPSA) is 29.5 Å². The van der Waals surface area contributed by atoms with Gasteiger partial charge in [-0.15, -0.1) is 0 Å². The van der Waals surface area contributed by atoms with Crippen molar-refractivity contribution in [2.24, 2.45) is 11.8 Å². The van der Waals surface area contributed by atoms with E-state index in [0.717, 1.165) is 13.0 Å². The summed E-state index contributed by atoms with van der Waals surface area (Å²) in [4.78, 5) is 13.9. The maximum Gasteiger partial charge on any atom is 0.410 e. The molecular formula is C13H19NO2. The number of hydrogen-bond acceptors (Lipinski definition) is 2. The summed E-state index contributed by atoms with van der Waals surface area (Å²) in [6, 6.07) is 0.437. The van der Waals surface area contributed by atoms with Crippen LogP contribution in [0.4, 0.5) is 4.79 Å². The zero-order valence-electron chi connectivity index (χ0n) is 9.60. The first kappa shape index (κ1) is 10.2. The molecule has 2 aliphatic heterocycles. The molecule has 88 valence electrons. The Labute approximate surface area is 96.4 Å². The maximum atomic E-state index is 11.9. The molecular weight excluding hydrogens is 202 g/mol. The van der Waals surface area contributed by atoms with Crippen LogP contribution in [0.1, 0.15) is 32.1 Å². The molecule has 3 aliphatic rings. The molecule has 3 rings (SSSR count). The van der Waals surface area contributed by atoms with E-state index in [9.17, 15) is 4.79 Å². The van der Waals surface area contributed by atoms with E-state index in [-0.39, 0.29) is 12.2 Å². The Balaban J connectivity index is 1.92. The zero-order chi connectivity index (χ0) is 11.1. The van der Waals surface area contributed by atoms with Crippen LogP contribution < -0.4 is 0 Å². The second kappa shape index (κ2) is 3.79. The van der Waals surface area contributed by atoms with Crippen LogP contribution in [0.3, 0.4) is 0 Å². The SMILES string of the molecule is C=C[C@@H]1OC(=O)N2CCC[C@@H]3CCC[C@@H]1[C@@H]32. The number of ether oxygens (including phenoxy) is 1. The Hall–Kier alpha value is -0.990. The Morgan fingerprint density at radius 1 is 1.31 bits per heavy atom. The lowest BCUT2D eigenvalue weighted by molar-refractivity contribution is -0.0737. The van der Waals surface area contributed by atoms with E-state index < -0.39 is 0 Å². The van der Waals surface area contributed by atoms with Gasteiger partial charge in [0, 0.05) is 18.5 Å². The highest BCUT2D eigenvalue weighted by atomic mass is 16.6. The molecule has 16 heavy (non-hydrogen) atoms. The molecule has 2 saturated heterocycles. The van der Waals surface area contributed by atoms with Crippen molar-refractivity contribution in [2.75, 3.05) is 6.54 Å². The van der Waals surface area contributed by atoms with Gasteiger partial charge >= 0.3 is 6.09 Å². The average Bonchev–Trinajstić information content (AvgIpc) is 2.33. The van der Waals surface area contributed by atoms with Crippen molar-refractivity contribution in [2.45, 2.75) is 44.2 Å². The van der Waals surface area contributed by atoms with Gasteiger partial charge in [-0.3, -0.25) is 0 Å². The summed E-state index contributed by atoms with van der Waals surface area (Å²) in [6.45, 7) is 4.70. The lowest BCUT2D eigenvalue weighted by Gasteiger charge is -2.52. The first-order valence-electron chi connectivity index (χ1n) is 6.41. The summed E-state index contributed by atoms with van der Waals surface area (Å²) >= 11 is 0. The van der Waals surface area contributed by atoms with Gasteiger partial charge in [0.15, 0.2) is 0 Å². The third kappa shape index (κ3) is 1.37. The van der Waals surface area contributed by atoms with Crippen LogP contribution in [-0.4, -0.2) is 29.7 Å². The molecule has 1 saturated carbocycles. The predicted octanol–water partition coefficient (Wildman–Crippen LogP) is 2.57. The normalized spacial score (nSPS) is 42.2. The third-order valence-electron chi connectivity index (χ3n) is 4.49. The van der Waals surface area contributed by atoms with Crippen LogP contribution in [0.2, 0.25) is 0 Å². The minimum Gasteiger partial charge on any atom is -0.441 e. The van der Waals surface area contributed by atoms with Gasteiger partial charge < -0.3 is 9.64 Å². The average molecular weight is 221 g/mol. The quantitative estimate of drug-likeness (QED) is 0.637. The fourth-order valence-electron chi connectivity index (χ4n) is 3.85. The molecule has 3 fully saturated rings. The number of rotatable bonds is 1. The highest BCUT2D eigenvalue weighted by molar-refractivity contribution is 5.69. The largest absolute Gasteiger partial charge is 0.441 e. The fourth-order valence-corrected chi connectivity index (χ4v) is 3.85. The molecule has 0 spiro atoms. The van der Waals surface area contributed by atoms with Gasteiger partial charge in [0.2, 0.25) is 0 Å². The lowest BCUT2D eigenvalue weighted by Crippen LogP contribution is -2.60. The van der Waals surface area contributed by atoms with Crippen molar-refractivity contribution in [3.05, 3.63) is 12.7 Å². The number of amides is 1. The van der Waals surface area contributed by atoms with Crippen LogP contribution in [0.5, 0.6) is 0 Å². The number of carbonyl (C=O) groups is 1. The summed E-state index contributed by atoms with van der Waals surface area (Å²) < 4.78 is 5.46. The van der Waals surface area contributed by atoms with Crippen LogP contribution in [0.25, 0.3) is 0 Å². The summed E-state index contributed by atoms with van der Waals surface area (Å²) in [5, 5.41) is 0. The van der Waals surface area contributed by atoms with Crippen molar-refractivity contribution >= 4 is 6.09 Å². The van der Waals surface area contributed by atoms with Crippen molar-refractivity contribution in [1.82, 2.24) is 4.90 Å². The summed E-state index contributed by atoms with van der Waals surface area (Å²) in [5.41, 5.74) is 0. The van der Waals surface area contributed by atoms with Crippen LogP contribution in [0, 0.1) is 11.8 Å². The molecule has 1 amide bonds. The second-order valence-electron chi connectivity index (χ2n) is 5.27. The summed E-state index contributed by atoms with van der Waals surface area (Å²) in [7, 11) is 0. The highest BCUT2D eigenvalue weighted by Gasteiger charge is 2.48. The Morgan fingerprint density at radius 3 is 2.94 bits per heavy atom. The monoisotopic (exact) mass is 221 g/mol. The molecule has 0 aromatic rings. The van der Waals surface area contributed by atoms with Crippen molar-refractivity contribution in [3.8, 4) is 0 Å². The number of hydrogen-bond donors (Lipinski definition) is 0. The van der Waals surface area contributed by atoms with E-state index in [2.05, 4.69) is 6.58 Å². The molecule has 0 aromatic carbocycles. The van der Waals surface area contributed by atoms with E-state index in [1.165, 1.54) is 25.7 Å². The molecule has 0 N–H and O–H groups in total.